The van der Waals surface area contributed by atoms with E-state index in [-0.39, 0.29) is 49.9 Å². The van der Waals surface area contributed by atoms with Crippen LogP contribution < -0.4 is 70.8 Å². The molecule has 0 heterocycles. The maximum absolute atomic E-state index is 13.8. The third-order valence-corrected chi connectivity index (χ3v) is 11.3. The van der Waals surface area contributed by atoms with Gasteiger partial charge in [0.15, 0.2) is 5.96 Å². The molecule has 10 atom stereocenters. The number of amides is 10. The molecule has 31 heteroatoms. The number of hydrogen-bond acceptors (Lipinski definition) is 17. The number of carbonyl (C=O) groups excluding carboxylic acids is 10. The third-order valence-electron chi connectivity index (χ3n) is 11.3. The Morgan fingerprint density at radius 2 is 0.987 bits per heavy atom. The number of carboxylic acid groups (broad SMARTS) is 2. The van der Waals surface area contributed by atoms with Gasteiger partial charge >= 0.3 is 11.9 Å². The van der Waals surface area contributed by atoms with Crippen LogP contribution in [0.25, 0.3) is 0 Å². The van der Waals surface area contributed by atoms with Crippen LogP contribution in [0.3, 0.4) is 0 Å². The molecule has 436 valence electrons. The fourth-order valence-electron chi connectivity index (χ4n) is 6.99. The Morgan fingerprint density at radius 3 is 1.47 bits per heavy atom. The van der Waals surface area contributed by atoms with Gasteiger partial charge in [-0.05, 0) is 69.1 Å². The minimum Gasteiger partial charge on any atom is -0.508 e. The summed E-state index contributed by atoms with van der Waals surface area (Å²) in [6, 6.07) is -9.80. The number of primary amides is 1. The van der Waals surface area contributed by atoms with Crippen molar-refractivity contribution in [2.45, 2.75) is 147 Å². The van der Waals surface area contributed by atoms with E-state index >= 15 is 0 Å². The molecule has 22 N–H and O–H groups in total. The fourth-order valence-corrected chi connectivity index (χ4v) is 6.99. The number of phenolic OH excluding ortho intramolecular Hbond substituents is 1. The van der Waals surface area contributed by atoms with Crippen molar-refractivity contribution < 1.29 is 83.1 Å². The number of carbonyl (C=O) groups is 12. The summed E-state index contributed by atoms with van der Waals surface area (Å²) in [5.74, 6) is -14.5. The normalized spacial score (nSPS) is 14.9. The molecule has 0 saturated heterocycles. The van der Waals surface area contributed by atoms with Gasteiger partial charge in [-0.3, -0.25) is 57.7 Å². The molecule has 0 fully saturated rings. The second-order valence-electron chi connectivity index (χ2n) is 18.9. The number of phenols is 1. The molecule has 1 aromatic rings. The highest BCUT2D eigenvalue weighted by Gasteiger charge is 2.35. The zero-order valence-corrected chi connectivity index (χ0v) is 44.2. The Labute approximate surface area is 449 Å². The lowest BCUT2D eigenvalue weighted by Gasteiger charge is -2.27. The van der Waals surface area contributed by atoms with E-state index in [2.05, 4.69) is 52.8 Å². The summed E-state index contributed by atoms with van der Waals surface area (Å²) in [7, 11) is 0. The summed E-state index contributed by atoms with van der Waals surface area (Å²) in [4.78, 5) is 160. The lowest BCUT2D eigenvalue weighted by atomic mass is 10.0. The number of aliphatic hydroxyl groups is 2. The van der Waals surface area contributed by atoms with E-state index in [9.17, 15) is 83.1 Å². The highest BCUT2D eigenvalue weighted by molar-refractivity contribution is 5.99. The Balaban J connectivity index is 3.38. The number of benzene rings is 1. The van der Waals surface area contributed by atoms with Gasteiger partial charge in [0.2, 0.25) is 59.1 Å². The number of nitrogens with two attached hydrogens (primary N) is 4. The van der Waals surface area contributed by atoms with Crippen LogP contribution in [0.1, 0.15) is 85.6 Å². The summed E-state index contributed by atoms with van der Waals surface area (Å²) in [5.41, 5.74) is 22.2. The van der Waals surface area contributed by atoms with E-state index in [0.29, 0.717) is 5.56 Å². The van der Waals surface area contributed by atoms with Gasteiger partial charge in [0.25, 0.3) is 0 Å². The molecule has 0 aliphatic rings. The van der Waals surface area contributed by atoms with Gasteiger partial charge in [-0.2, -0.15) is 0 Å². The van der Waals surface area contributed by atoms with E-state index in [0.717, 1.165) is 6.92 Å². The second-order valence-corrected chi connectivity index (χ2v) is 18.9. The molecule has 0 aliphatic heterocycles. The van der Waals surface area contributed by atoms with Crippen molar-refractivity contribution in [2.75, 3.05) is 19.8 Å². The van der Waals surface area contributed by atoms with E-state index < -0.39 is 170 Å². The Hall–Kier alpha value is -8.19. The smallest absolute Gasteiger partial charge is 0.326 e. The van der Waals surface area contributed by atoms with Crippen molar-refractivity contribution in [2.24, 2.45) is 39.8 Å². The molecule has 0 spiro atoms. The largest absolute Gasteiger partial charge is 0.508 e. The molecule has 0 radical (unpaired) electrons. The van der Waals surface area contributed by atoms with Crippen LogP contribution >= 0.6 is 0 Å². The monoisotopic (exact) mass is 1110 g/mol. The molecule has 10 amide bonds. The van der Waals surface area contributed by atoms with Crippen molar-refractivity contribution >= 4 is 77.0 Å². The number of aliphatic imine (C=N–C) groups is 1. The fraction of sp³-hybridized carbons (Fsp3) is 0.596. The number of aromatic hydroxyl groups is 1. The zero-order valence-electron chi connectivity index (χ0n) is 44.2. The van der Waals surface area contributed by atoms with Gasteiger partial charge in [-0.1, -0.05) is 39.8 Å². The number of rotatable bonds is 35. The molecule has 0 unspecified atom stereocenters. The van der Waals surface area contributed by atoms with Crippen LogP contribution in [0.4, 0.5) is 0 Å². The third kappa shape index (κ3) is 25.1. The van der Waals surface area contributed by atoms with Crippen LogP contribution in [0, 0.1) is 11.8 Å². The first-order chi connectivity index (χ1) is 36.4. The number of nitrogens with one attached hydrogen (secondary N) is 9. The number of hydrogen-bond donors (Lipinski definition) is 18. The summed E-state index contributed by atoms with van der Waals surface area (Å²) in [6.07, 6.45) is -2.64. The molecule has 0 saturated carbocycles. The van der Waals surface area contributed by atoms with E-state index in [4.69, 9.17) is 22.9 Å². The first-order valence-corrected chi connectivity index (χ1v) is 24.7. The first kappa shape index (κ1) is 67.8. The number of aliphatic hydroxyl groups excluding tert-OH is 2. The lowest BCUT2D eigenvalue weighted by molar-refractivity contribution is -0.143. The zero-order chi connectivity index (χ0) is 59.6. The van der Waals surface area contributed by atoms with Crippen molar-refractivity contribution in [1.29, 1.82) is 0 Å². The van der Waals surface area contributed by atoms with E-state index in [1.807, 2.05) is 0 Å². The van der Waals surface area contributed by atoms with Gasteiger partial charge < -0.3 is 96.3 Å². The Bertz CT molecular complexity index is 2300. The number of aliphatic carboxylic acids is 2. The highest BCUT2D eigenvalue weighted by atomic mass is 16.4. The van der Waals surface area contributed by atoms with Gasteiger partial charge in [0.1, 0.15) is 66.2 Å². The molecule has 78 heavy (non-hydrogen) atoms. The average molecular weight is 1110 g/mol. The van der Waals surface area contributed by atoms with Crippen LogP contribution in [-0.2, 0) is 64.0 Å². The van der Waals surface area contributed by atoms with Gasteiger partial charge in [0, 0.05) is 19.4 Å². The summed E-state index contributed by atoms with van der Waals surface area (Å²) >= 11 is 0. The predicted octanol–water partition coefficient (Wildman–Crippen LogP) is -6.77. The summed E-state index contributed by atoms with van der Waals surface area (Å²) < 4.78 is 0. The van der Waals surface area contributed by atoms with Gasteiger partial charge in [-0.15, -0.1) is 0 Å². The molecule has 1 aromatic carbocycles. The quantitative estimate of drug-likeness (QED) is 0.0171. The Morgan fingerprint density at radius 1 is 0.538 bits per heavy atom. The van der Waals surface area contributed by atoms with E-state index in [1.165, 1.54) is 31.2 Å². The summed E-state index contributed by atoms with van der Waals surface area (Å²) in [6.45, 7) is 7.04. The maximum Gasteiger partial charge on any atom is 0.326 e. The van der Waals surface area contributed by atoms with Crippen LogP contribution in [0.2, 0.25) is 0 Å². The molecule has 0 aromatic heterocycles. The number of nitrogens with zero attached hydrogens (tertiary/aromatic N) is 1. The number of guanidine groups is 1. The minimum absolute atomic E-state index is 0.0347. The van der Waals surface area contributed by atoms with Crippen molar-refractivity contribution in [3.63, 3.8) is 0 Å². The predicted molar refractivity (Wildman–Crippen MR) is 275 cm³/mol. The average Bonchev–Trinajstić information content (AvgIpc) is 3.35. The Kier molecular flexibility index (Phi) is 29.4. The van der Waals surface area contributed by atoms with Crippen LogP contribution in [0.5, 0.6) is 5.75 Å². The van der Waals surface area contributed by atoms with Gasteiger partial charge in [0.05, 0.1) is 19.6 Å². The SMILES string of the molecule is CC(C)C[C@H](NC(=O)[C@H](CO)NC(=O)[C@@H](N)CO)C(=O)N[C@@H](CCC(=O)O)C(=O)N[C@@H](CC(N)=O)C(=O)N[C@@H](C)C(=O)N[C@@H](CCCN=C(N)N)C(=O)N[C@@H](C)C(=O)N[C@@H](Cc1ccc(O)cc1)C(=O)N[C@H](C(=O)O)C(C)C. The highest BCUT2D eigenvalue weighted by Crippen LogP contribution is 2.13. The maximum atomic E-state index is 13.8. The molecule has 31 nitrogen and oxygen atoms in total. The summed E-state index contributed by atoms with van der Waals surface area (Å²) in [5, 5.41) is 68.8. The molecular formula is C47H76N14O17. The molecule has 0 aliphatic carbocycles. The van der Waals surface area contributed by atoms with Crippen molar-refractivity contribution in [3.8, 4) is 5.75 Å². The number of carboxylic acids is 2. The van der Waals surface area contributed by atoms with Crippen molar-refractivity contribution in [3.05, 3.63) is 29.8 Å². The van der Waals surface area contributed by atoms with Crippen molar-refractivity contribution in [1.82, 2.24) is 47.9 Å². The van der Waals surface area contributed by atoms with Gasteiger partial charge in [-0.25, -0.2) is 4.79 Å². The molecule has 1 rings (SSSR count). The lowest BCUT2D eigenvalue weighted by Crippen LogP contribution is -2.60. The first-order valence-electron chi connectivity index (χ1n) is 24.7. The second kappa shape index (κ2) is 33.8. The standard InChI is InChI=1S/C47H76N14O17/c1-21(2)16-30(58-45(76)33(20-63)60-39(70)27(48)19-62)43(74)56-29(13-14-35(66)67)41(72)59-32(18-34(49)65)42(73)54-23(5)37(68)55-28(8-7-15-52-47(50)51)40(71)53-24(6)38(69)57-31(17-25-9-11-26(64)12-10-25)44(75)61-36(22(3)4)46(77)78/h9-12,21-24,27-33,36,62-64H,7-8,13-20,48H2,1-6H3,(H2,49,65)(H,53,71)(H,54,73)(H,55,68)(H,56,74)(H,57,69)(H,58,76)(H,59,72)(H,60,70)(H,61,75)(H,66,67)(H,77,78)(H4,50,51,52)/t23-,24-,27-,28-,29-,30-,31-,32-,33-,36-/m0/s1. The van der Waals surface area contributed by atoms with Crippen LogP contribution in [-0.4, -0.2) is 183 Å². The topological polar surface area (TPSA) is 531 Å². The minimum atomic E-state index is -1.88. The van der Waals surface area contributed by atoms with Crippen LogP contribution in [0.15, 0.2) is 29.3 Å². The van der Waals surface area contributed by atoms with E-state index in [1.54, 1.807) is 27.7 Å². The molecular weight excluding hydrogens is 1030 g/mol. The molecule has 0 bridgehead atoms.